The number of hydroxylamine groups is 2. The van der Waals surface area contributed by atoms with Gasteiger partial charge in [-0.2, -0.15) is 5.06 Å². The molecule has 0 aliphatic carbocycles. The molecule has 0 spiro atoms. The first-order chi connectivity index (χ1) is 17.4. The summed E-state index contributed by atoms with van der Waals surface area (Å²) in [5, 5.41) is 24.9. The van der Waals surface area contributed by atoms with Crippen molar-refractivity contribution in [3.8, 4) is 11.8 Å². The van der Waals surface area contributed by atoms with Crippen molar-refractivity contribution >= 4 is 5.91 Å². The summed E-state index contributed by atoms with van der Waals surface area (Å²) >= 11 is 0. The van der Waals surface area contributed by atoms with Crippen LogP contribution >= 0.6 is 0 Å². The highest BCUT2D eigenvalue weighted by atomic mass is 16.7. The fourth-order valence-corrected chi connectivity index (χ4v) is 4.91. The fraction of sp³-hybridized carbons (Fsp3) is 0.483. The number of rotatable bonds is 8. The van der Waals surface area contributed by atoms with Crippen molar-refractivity contribution in [2.45, 2.75) is 51.5 Å². The van der Waals surface area contributed by atoms with Gasteiger partial charge in [0.05, 0.1) is 19.3 Å². The van der Waals surface area contributed by atoms with E-state index in [-0.39, 0.29) is 12.5 Å². The quantitative estimate of drug-likeness (QED) is 0.491. The average molecular weight is 492 g/mol. The first-order valence-electron chi connectivity index (χ1n) is 12.8. The van der Waals surface area contributed by atoms with Crippen molar-refractivity contribution in [3.63, 3.8) is 0 Å². The number of hydrogen-bond donors (Lipinski definition) is 3. The maximum absolute atomic E-state index is 13.2. The van der Waals surface area contributed by atoms with Crippen molar-refractivity contribution < 1.29 is 19.8 Å². The predicted molar refractivity (Wildman–Crippen MR) is 139 cm³/mol. The zero-order valence-corrected chi connectivity index (χ0v) is 21.2. The van der Waals surface area contributed by atoms with Gasteiger partial charge in [-0.3, -0.25) is 9.63 Å². The first kappa shape index (κ1) is 26.3. The Morgan fingerprint density at radius 1 is 1.08 bits per heavy atom. The molecule has 192 valence electrons. The topological polar surface area (TPSA) is 85.3 Å². The largest absolute Gasteiger partial charge is 0.396 e. The summed E-state index contributed by atoms with van der Waals surface area (Å²) in [6.07, 6.45) is 0.949. The molecule has 0 aromatic heterocycles. The number of nitrogens with one attached hydrogen (secondary N) is 1. The summed E-state index contributed by atoms with van der Waals surface area (Å²) in [4.78, 5) is 21.5. The standard InChI is InChI=1S/C29H37N3O4/c1-21-5-7-23(8-6-21)9-10-24-11-13-25(14-12-24)19-32-27(26(20-33)28(36-32)22(2)34)29(35)30-15-18-31-16-3-4-17-31/h5-8,11-14,22,26-28,33-34H,3-4,15-20H2,1-2H3,(H,30,35)/t22-,26-,27-,28-/m1/s1. The Labute approximate surface area is 214 Å². The van der Waals surface area contributed by atoms with E-state index in [1.807, 2.05) is 48.5 Å². The third-order valence-electron chi connectivity index (χ3n) is 6.97. The number of nitrogens with zero attached hydrogens (tertiary/aromatic N) is 2. The number of carbonyl (C=O) groups excluding carboxylic acids is 1. The van der Waals surface area contributed by atoms with Crippen LogP contribution < -0.4 is 5.32 Å². The molecule has 2 aromatic rings. The highest BCUT2D eigenvalue weighted by molar-refractivity contribution is 5.82. The van der Waals surface area contributed by atoms with Crippen LogP contribution in [0, 0.1) is 24.7 Å². The summed E-state index contributed by atoms with van der Waals surface area (Å²) in [7, 11) is 0. The van der Waals surface area contributed by atoms with Gasteiger partial charge in [0.15, 0.2) is 0 Å². The van der Waals surface area contributed by atoms with Crippen LogP contribution in [0.15, 0.2) is 48.5 Å². The van der Waals surface area contributed by atoms with E-state index in [9.17, 15) is 15.0 Å². The lowest BCUT2D eigenvalue weighted by atomic mass is 9.92. The minimum absolute atomic E-state index is 0.183. The number of aliphatic hydroxyl groups is 2. The molecule has 36 heavy (non-hydrogen) atoms. The Morgan fingerprint density at radius 2 is 1.69 bits per heavy atom. The molecular formula is C29H37N3O4. The van der Waals surface area contributed by atoms with Gasteiger partial charge in [-0.25, -0.2) is 0 Å². The Balaban J connectivity index is 1.42. The normalized spacial score (nSPS) is 23.3. The number of amides is 1. The Bertz CT molecular complexity index is 1050. The van der Waals surface area contributed by atoms with E-state index < -0.39 is 24.2 Å². The Hall–Kier alpha value is -2.73. The molecule has 2 saturated heterocycles. The fourth-order valence-electron chi connectivity index (χ4n) is 4.91. The molecule has 3 N–H and O–H groups in total. The number of hydrogen-bond acceptors (Lipinski definition) is 6. The van der Waals surface area contributed by atoms with Crippen LogP contribution in [-0.2, 0) is 16.2 Å². The second-order valence-electron chi connectivity index (χ2n) is 9.83. The monoisotopic (exact) mass is 491 g/mol. The van der Waals surface area contributed by atoms with Crippen LogP contribution in [0.1, 0.15) is 42.0 Å². The minimum atomic E-state index is -0.813. The zero-order valence-electron chi connectivity index (χ0n) is 21.2. The molecule has 1 amide bonds. The lowest BCUT2D eigenvalue weighted by Gasteiger charge is -2.25. The maximum Gasteiger partial charge on any atom is 0.240 e. The molecule has 0 saturated carbocycles. The van der Waals surface area contributed by atoms with Crippen LogP contribution in [0.4, 0.5) is 0 Å². The molecular weight excluding hydrogens is 454 g/mol. The van der Waals surface area contributed by atoms with Crippen molar-refractivity contribution in [2.24, 2.45) is 5.92 Å². The van der Waals surface area contributed by atoms with E-state index in [0.29, 0.717) is 13.1 Å². The van der Waals surface area contributed by atoms with Gasteiger partial charge in [0.25, 0.3) is 0 Å². The van der Waals surface area contributed by atoms with E-state index in [4.69, 9.17) is 4.84 Å². The van der Waals surface area contributed by atoms with Gasteiger partial charge in [0.2, 0.25) is 5.91 Å². The molecule has 2 aliphatic rings. The van der Waals surface area contributed by atoms with Gasteiger partial charge < -0.3 is 20.4 Å². The van der Waals surface area contributed by atoms with Crippen molar-refractivity contribution in [1.29, 1.82) is 0 Å². The highest BCUT2D eigenvalue weighted by Gasteiger charge is 2.48. The summed E-state index contributed by atoms with van der Waals surface area (Å²) < 4.78 is 0. The van der Waals surface area contributed by atoms with Gasteiger partial charge in [-0.05, 0) is 69.6 Å². The van der Waals surface area contributed by atoms with Gasteiger partial charge >= 0.3 is 0 Å². The van der Waals surface area contributed by atoms with Crippen LogP contribution in [0.5, 0.6) is 0 Å². The van der Waals surface area contributed by atoms with E-state index in [1.54, 1.807) is 12.0 Å². The maximum atomic E-state index is 13.2. The van der Waals surface area contributed by atoms with Crippen LogP contribution in [0.3, 0.4) is 0 Å². The van der Waals surface area contributed by atoms with E-state index in [0.717, 1.165) is 36.3 Å². The number of likely N-dealkylation sites (tertiary alicyclic amines) is 1. The lowest BCUT2D eigenvalue weighted by molar-refractivity contribution is -0.192. The highest BCUT2D eigenvalue weighted by Crippen LogP contribution is 2.31. The summed E-state index contributed by atoms with van der Waals surface area (Å²) in [5.41, 5.74) is 4.02. The molecule has 2 heterocycles. The molecule has 2 aliphatic heterocycles. The lowest BCUT2D eigenvalue weighted by Crippen LogP contribution is -2.48. The molecule has 0 unspecified atom stereocenters. The van der Waals surface area contributed by atoms with Gasteiger partial charge in [-0.15, -0.1) is 0 Å². The SMILES string of the molecule is Cc1ccc(C#Cc2ccc(CN3O[C@H]([C@@H](C)O)[C@H](CO)[C@@H]3C(=O)NCCN3CCCC3)cc2)cc1. The second-order valence-corrected chi connectivity index (χ2v) is 9.83. The summed E-state index contributed by atoms with van der Waals surface area (Å²) in [6.45, 7) is 7.30. The Kier molecular flexibility index (Phi) is 9.13. The molecule has 0 bridgehead atoms. The number of aryl methyl sites for hydroxylation is 1. The average Bonchev–Trinajstić information content (AvgIpc) is 3.52. The summed E-state index contributed by atoms with van der Waals surface area (Å²) in [5.74, 6) is 5.66. The van der Waals surface area contributed by atoms with Crippen LogP contribution in [0.2, 0.25) is 0 Å². The van der Waals surface area contributed by atoms with Crippen LogP contribution in [-0.4, -0.2) is 77.1 Å². The second kappa shape index (κ2) is 12.5. The molecule has 7 nitrogen and oxygen atoms in total. The molecule has 4 atom stereocenters. The van der Waals surface area contributed by atoms with E-state index in [2.05, 4.69) is 29.0 Å². The first-order valence-corrected chi connectivity index (χ1v) is 12.8. The number of benzene rings is 2. The van der Waals surface area contributed by atoms with Crippen molar-refractivity contribution in [1.82, 2.24) is 15.3 Å². The van der Waals surface area contributed by atoms with E-state index in [1.165, 1.54) is 18.4 Å². The summed E-state index contributed by atoms with van der Waals surface area (Å²) in [6, 6.07) is 15.3. The molecule has 7 heteroatoms. The molecule has 4 rings (SSSR count). The van der Waals surface area contributed by atoms with Gasteiger partial charge in [0, 0.05) is 30.1 Å². The van der Waals surface area contributed by atoms with Gasteiger partial charge in [0.1, 0.15) is 12.1 Å². The predicted octanol–water partition coefficient (Wildman–Crippen LogP) is 2.08. The van der Waals surface area contributed by atoms with Gasteiger partial charge in [-0.1, -0.05) is 41.7 Å². The zero-order chi connectivity index (χ0) is 25.5. The smallest absolute Gasteiger partial charge is 0.240 e. The van der Waals surface area contributed by atoms with E-state index >= 15 is 0 Å². The Morgan fingerprint density at radius 3 is 2.28 bits per heavy atom. The molecule has 2 aromatic carbocycles. The van der Waals surface area contributed by atoms with Crippen LogP contribution in [0.25, 0.3) is 0 Å². The third kappa shape index (κ3) is 6.73. The van der Waals surface area contributed by atoms with Crippen molar-refractivity contribution in [2.75, 3.05) is 32.8 Å². The molecule has 2 fully saturated rings. The van der Waals surface area contributed by atoms with Crippen molar-refractivity contribution in [3.05, 3.63) is 70.8 Å². The number of carbonyl (C=O) groups is 1. The number of aliphatic hydroxyl groups excluding tert-OH is 2. The minimum Gasteiger partial charge on any atom is -0.396 e. The molecule has 0 radical (unpaired) electrons. The third-order valence-corrected chi connectivity index (χ3v) is 6.97.